The number of nitrogens with one attached hydrogen (secondary N) is 2. The van der Waals surface area contributed by atoms with Gasteiger partial charge in [-0.1, -0.05) is 34.1 Å². The van der Waals surface area contributed by atoms with Crippen LogP contribution >= 0.6 is 0 Å². The van der Waals surface area contributed by atoms with E-state index in [4.69, 9.17) is 15.9 Å². The Labute approximate surface area is 147 Å². The van der Waals surface area contributed by atoms with Gasteiger partial charge in [-0.2, -0.15) is 0 Å². The monoisotopic (exact) mass is 359 g/mol. The van der Waals surface area contributed by atoms with Crippen molar-refractivity contribution in [1.29, 1.82) is 0 Å². The van der Waals surface area contributed by atoms with E-state index >= 15 is 0 Å². The summed E-state index contributed by atoms with van der Waals surface area (Å²) < 4.78 is 0. The van der Waals surface area contributed by atoms with Crippen LogP contribution in [0.3, 0.4) is 0 Å². The lowest BCUT2D eigenvalue weighted by Gasteiger charge is -2.26. The Morgan fingerprint density at radius 2 is 1.56 bits per heavy atom. The maximum atomic E-state index is 12.4. The van der Waals surface area contributed by atoms with Gasteiger partial charge in [0.2, 0.25) is 11.8 Å². The van der Waals surface area contributed by atoms with Gasteiger partial charge in [-0.3, -0.25) is 14.4 Å². The number of aliphatic carboxylic acids is 2. The highest BCUT2D eigenvalue weighted by Gasteiger charge is 2.31. The van der Waals surface area contributed by atoms with Crippen LogP contribution in [0.4, 0.5) is 0 Å². The number of carboxylic acid groups (broad SMARTS) is 2. The summed E-state index contributed by atoms with van der Waals surface area (Å²) in [4.78, 5) is 46.3. The summed E-state index contributed by atoms with van der Waals surface area (Å²) in [5.74, 6) is -4.04. The van der Waals surface area contributed by atoms with Gasteiger partial charge in [-0.05, 0) is 18.3 Å². The lowest BCUT2D eigenvalue weighted by atomic mass is 9.97. The van der Waals surface area contributed by atoms with Gasteiger partial charge in [-0.15, -0.1) is 0 Å². The maximum Gasteiger partial charge on any atom is 0.326 e. The van der Waals surface area contributed by atoms with Crippen LogP contribution in [0.1, 0.15) is 47.0 Å². The van der Waals surface area contributed by atoms with Crippen molar-refractivity contribution in [3.8, 4) is 0 Å². The molecule has 0 rings (SSSR count). The smallest absolute Gasteiger partial charge is 0.326 e. The Kier molecular flexibility index (Phi) is 9.73. The fraction of sp³-hybridized carbons (Fsp3) is 0.750. The molecule has 0 bridgehead atoms. The van der Waals surface area contributed by atoms with Crippen LogP contribution in [0.25, 0.3) is 0 Å². The summed E-state index contributed by atoms with van der Waals surface area (Å²) in [6.45, 7) is 7.12. The van der Waals surface area contributed by atoms with Crippen LogP contribution in [-0.4, -0.2) is 52.1 Å². The van der Waals surface area contributed by atoms with E-state index in [2.05, 4.69) is 10.6 Å². The summed E-state index contributed by atoms with van der Waals surface area (Å²) in [6.07, 6.45) is 0.0554. The largest absolute Gasteiger partial charge is 0.481 e. The molecule has 9 nitrogen and oxygen atoms in total. The van der Waals surface area contributed by atoms with Gasteiger partial charge in [0.15, 0.2) is 0 Å². The van der Waals surface area contributed by atoms with Crippen molar-refractivity contribution < 1.29 is 29.4 Å². The fourth-order valence-corrected chi connectivity index (χ4v) is 2.08. The van der Waals surface area contributed by atoms with Crippen molar-refractivity contribution in [2.45, 2.75) is 65.1 Å². The number of hydrogen-bond acceptors (Lipinski definition) is 5. The summed E-state index contributed by atoms with van der Waals surface area (Å²) in [5.41, 5.74) is 5.85. The normalized spacial score (nSPS) is 15.8. The third kappa shape index (κ3) is 7.97. The molecular formula is C16H29N3O6. The highest BCUT2D eigenvalue weighted by atomic mass is 16.4. The van der Waals surface area contributed by atoms with Crippen molar-refractivity contribution in [3.63, 3.8) is 0 Å². The minimum Gasteiger partial charge on any atom is -0.481 e. The van der Waals surface area contributed by atoms with E-state index in [-0.39, 0.29) is 18.3 Å². The molecule has 0 saturated heterocycles. The molecule has 9 heteroatoms. The highest BCUT2D eigenvalue weighted by molar-refractivity contribution is 5.92. The Balaban J connectivity index is 5.00. The molecule has 0 radical (unpaired) electrons. The van der Waals surface area contributed by atoms with Crippen molar-refractivity contribution in [2.75, 3.05) is 0 Å². The number of nitrogens with two attached hydrogens (primary N) is 1. The first-order valence-electron chi connectivity index (χ1n) is 8.32. The Morgan fingerprint density at radius 1 is 1.00 bits per heavy atom. The zero-order valence-electron chi connectivity index (χ0n) is 15.1. The standard InChI is InChI=1S/C16H29N3O6/c1-5-9(4)12(17)14(22)19-13(8(2)3)15(23)18-10(16(24)25)6-7-11(20)21/h8-10,12-13H,5-7,17H2,1-4H3,(H,18,23)(H,19,22)(H,20,21)(H,24,25)/t9-,10-,12-,13-/m0/s1. The number of carbonyl (C=O) groups excluding carboxylic acids is 2. The predicted molar refractivity (Wildman–Crippen MR) is 90.6 cm³/mol. The molecule has 0 saturated carbocycles. The Bertz CT molecular complexity index is 494. The van der Waals surface area contributed by atoms with Crippen LogP contribution < -0.4 is 16.4 Å². The second kappa shape index (κ2) is 10.7. The molecular weight excluding hydrogens is 330 g/mol. The van der Waals surface area contributed by atoms with E-state index in [1.165, 1.54) is 0 Å². The van der Waals surface area contributed by atoms with Crippen molar-refractivity contribution >= 4 is 23.8 Å². The lowest BCUT2D eigenvalue weighted by molar-refractivity contribution is -0.143. The zero-order valence-corrected chi connectivity index (χ0v) is 15.1. The SMILES string of the molecule is CC[C@H](C)[C@H](N)C(=O)N[C@H](C(=O)N[C@@H](CCC(=O)O)C(=O)O)C(C)C. The van der Waals surface area contributed by atoms with Crippen LogP contribution in [0, 0.1) is 11.8 Å². The molecule has 0 aliphatic carbocycles. The maximum absolute atomic E-state index is 12.4. The van der Waals surface area contributed by atoms with Crippen LogP contribution in [0.2, 0.25) is 0 Å². The molecule has 6 N–H and O–H groups in total. The zero-order chi connectivity index (χ0) is 19.7. The van der Waals surface area contributed by atoms with E-state index in [9.17, 15) is 19.2 Å². The molecule has 0 fully saturated rings. The second-order valence-electron chi connectivity index (χ2n) is 6.47. The van der Waals surface area contributed by atoms with Gasteiger partial charge in [0.1, 0.15) is 12.1 Å². The quantitative estimate of drug-likeness (QED) is 0.345. The first-order valence-corrected chi connectivity index (χ1v) is 8.32. The number of amides is 2. The molecule has 144 valence electrons. The van der Waals surface area contributed by atoms with Crippen molar-refractivity contribution in [3.05, 3.63) is 0 Å². The molecule has 0 aliphatic rings. The van der Waals surface area contributed by atoms with Gasteiger partial charge >= 0.3 is 11.9 Å². The van der Waals surface area contributed by atoms with Crippen LogP contribution in [-0.2, 0) is 19.2 Å². The molecule has 0 aromatic rings. The van der Waals surface area contributed by atoms with Crippen molar-refractivity contribution in [2.24, 2.45) is 17.6 Å². The summed E-state index contributed by atoms with van der Waals surface area (Å²) in [6, 6.07) is -3.08. The first-order chi connectivity index (χ1) is 11.5. The van der Waals surface area contributed by atoms with Gasteiger partial charge in [0.05, 0.1) is 6.04 Å². The first kappa shape index (κ1) is 22.8. The predicted octanol–water partition coefficient (Wildman–Crippen LogP) is -0.0652. The summed E-state index contributed by atoms with van der Waals surface area (Å²) in [7, 11) is 0. The molecule has 0 heterocycles. The fourth-order valence-electron chi connectivity index (χ4n) is 2.08. The summed E-state index contributed by atoms with van der Waals surface area (Å²) in [5, 5.41) is 22.6. The minimum atomic E-state index is -1.34. The highest BCUT2D eigenvalue weighted by Crippen LogP contribution is 2.09. The van der Waals surface area contributed by atoms with E-state index in [0.717, 1.165) is 0 Å². The third-order valence-electron chi connectivity index (χ3n) is 4.07. The van der Waals surface area contributed by atoms with Gasteiger partial charge < -0.3 is 26.6 Å². The Morgan fingerprint density at radius 3 is 1.96 bits per heavy atom. The third-order valence-corrected chi connectivity index (χ3v) is 4.07. The van der Waals surface area contributed by atoms with Crippen molar-refractivity contribution in [1.82, 2.24) is 10.6 Å². The number of carboxylic acids is 2. The molecule has 0 aliphatic heterocycles. The number of rotatable bonds is 11. The molecule has 2 amide bonds. The van der Waals surface area contributed by atoms with Gasteiger partial charge in [0.25, 0.3) is 0 Å². The average molecular weight is 359 g/mol. The summed E-state index contributed by atoms with van der Waals surface area (Å²) >= 11 is 0. The van der Waals surface area contributed by atoms with Crippen LogP contribution in [0.5, 0.6) is 0 Å². The van der Waals surface area contributed by atoms with Gasteiger partial charge in [-0.25, -0.2) is 4.79 Å². The molecule has 4 atom stereocenters. The molecule has 0 aromatic heterocycles. The number of carbonyl (C=O) groups is 4. The van der Waals surface area contributed by atoms with E-state index < -0.39 is 48.3 Å². The Hall–Kier alpha value is -2.16. The molecule has 25 heavy (non-hydrogen) atoms. The second-order valence-corrected chi connectivity index (χ2v) is 6.47. The van der Waals surface area contributed by atoms with E-state index in [0.29, 0.717) is 6.42 Å². The minimum absolute atomic E-state index is 0.0711. The van der Waals surface area contributed by atoms with E-state index in [1.54, 1.807) is 13.8 Å². The lowest BCUT2D eigenvalue weighted by Crippen LogP contribution is -2.57. The van der Waals surface area contributed by atoms with Gasteiger partial charge in [0, 0.05) is 6.42 Å². The molecule has 0 aromatic carbocycles. The van der Waals surface area contributed by atoms with Crippen LogP contribution in [0.15, 0.2) is 0 Å². The van der Waals surface area contributed by atoms with E-state index in [1.807, 2.05) is 13.8 Å². The molecule has 0 spiro atoms. The average Bonchev–Trinajstić information content (AvgIpc) is 2.53. The topological polar surface area (TPSA) is 159 Å². The number of hydrogen-bond donors (Lipinski definition) is 5. The molecule has 0 unspecified atom stereocenters.